The molecule has 0 aliphatic carbocycles. The van der Waals surface area contributed by atoms with E-state index in [4.69, 9.17) is 9.84 Å². The Bertz CT molecular complexity index is 497. The first-order valence-corrected chi connectivity index (χ1v) is 7.29. The van der Waals surface area contributed by atoms with E-state index >= 15 is 0 Å². The Kier molecular flexibility index (Phi) is 8.33. The summed E-state index contributed by atoms with van der Waals surface area (Å²) in [6.07, 6.45) is 5.24. The third-order valence-electron chi connectivity index (χ3n) is 3.06. The Morgan fingerprint density at radius 1 is 1.14 bits per heavy atom. The molecule has 6 heteroatoms. The summed E-state index contributed by atoms with van der Waals surface area (Å²) in [4.78, 5) is 21.9. The number of methoxy groups -OCH3 is 1. The van der Waals surface area contributed by atoms with Gasteiger partial charge in [0, 0.05) is 12.8 Å². The zero-order valence-electron chi connectivity index (χ0n) is 12.7. The van der Waals surface area contributed by atoms with E-state index in [1.807, 2.05) is 24.3 Å². The molecule has 0 saturated carbocycles. The lowest BCUT2D eigenvalue weighted by Crippen LogP contribution is -2.16. The summed E-state index contributed by atoms with van der Waals surface area (Å²) < 4.78 is 5.05. The molecule has 0 bridgehead atoms. The van der Waals surface area contributed by atoms with Crippen LogP contribution in [-0.2, 0) is 9.59 Å². The predicted molar refractivity (Wildman–Crippen MR) is 84.1 cm³/mol. The van der Waals surface area contributed by atoms with Crippen LogP contribution in [0.15, 0.2) is 29.4 Å². The number of nitrogens with one attached hydrogen (secondary N) is 1. The molecule has 2 N–H and O–H groups in total. The number of carboxylic acid groups (broad SMARTS) is 1. The van der Waals surface area contributed by atoms with Crippen molar-refractivity contribution >= 4 is 18.1 Å². The van der Waals surface area contributed by atoms with Crippen molar-refractivity contribution in [2.24, 2.45) is 5.10 Å². The first-order chi connectivity index (χ1) is 10.6. The Morgan fingerprint density at radius 3 is 2.36 bits per heavy atom. The van der Waals surface area contributed by atoms with Crippen LogP contribution in [0.1, 0.15) is 44.1 Å². The van der Waals surface area contributed by atoms with Crippen LogP contribution < -0.4 is 10.2 Å². The minimum absolute atomic E-state index is 0.136. The van der Waals surface area contributed by atoms with Gasteiger partial charge in [-0.1, -0.05) is 12.8 Å². The molecule has 1 aromatic rings. The summed E-state index contributed by atoms with van der Waals surface area (Å²) in [5.41, 5.74) is 3.34. The van der Waals surface area contributed by atoms with Crippen LogP contribution in [0.5, 0.6) is 5.75 Å². The molecule has 1 rings (SSSR count). The second-order valence-corrected chi connectivity index (χ2v) is 4.87. The Morgan fingerprint density at radius 2 is 1.77 bits per heavy atom. The number of amides is 1. The quantitative estimate of drug-likeness (QED) is 0.395. The average molecular weight is 306 g/mol. The fraction of sp³-hybridized carbons (Fsp3) is 0.438. The second-order valence-electron chi connectivity index (χ2n) is 4.87. The zero-order valence-corrected chi connectivity index (χ0v) is 12.7. The van der Waals surface area contributed by atoms with Crippen LogP contribution in [0.4, 0.5) is 0 Å². The van der Waals surface area contributed by atoms with Crippen LogP contribution in [0.2, 0.25) is 0 Å². The summed E-state index contributed by atoms with van der Waals surface area (Å²) in [5, 5.41) is 12.4. The number of hydrogen-bond donors (Lipinski definition) is 2. The molecule has 0 atom stereocenters. The number of carbonyl (C=O) groups is 2. The number of unbranched alkanes of at least 4 members (excludes halogenated alkanes) is 3. The molecule has 0 aliphatic heterocycles. The fourth-order valence-electron chi connectivity index (χ4n) is 1.84. The lowest BCUT2D eigenvalue weighted by molar-refractivity contribution is -0.137. The van der Waals surface area contributed by atoms with Crippen molar-refractivity contribution in [2.75, 3.05) is 7.11 Å². The number of hydrogen-bond acceptors (Lipinski definition) is 4. The van der Waals surface area contributed by atoms with Gasteiger partial charge in [-0.15, -0.1) is 0 Å². The molecule has 0 unspecified atom stereocenters. The molecule has 0 spiro atoms. The lowest BCUT2D eigenvalue weighted by atomic mass is 10.1. The molecular formula is C16H22N2O4. The monoisotopic (exact) mass is 306 g/mol. The van der Waals surface area contributed by atoms with E-state index in [0.29, 0.717) is 12.8 Å². The largest absolute Gasteiger partial charge is 0.497 e. The molecule has 1 aromatic carbocycles. The van der Waals surface area contributed by atoms with Crippen LogP contribution >= 0.6 is 0 Å². The number of benzene rings is 1. The highest BCUT2D eigenvalue weighted by atomic mass is 16.5. The maximum Gasteiger partial charge on any atom is 0.303 e. The Balaban J connectivity index is 2.14. The van der Waals surface area contributed by atoms with Gasteiger partial charge in [0.1, 0.15) is 5.75 Å². The molecule has 6 nitrogen and oxygen atoms in total. The van der Waals surface area contributed by atoms with Gasteiger partial charge in [-0.05, 0) is 42.7 Å². The number of ether oxygens (including phenoxy) is 1. The van der Waals surface area contributed by atoms with Crippen molar-refractivity contribution < 1.29 is 19.4 Å². The fourth-order valence-corrected chi connectivity index (χ4v) is 1.84. The maximum atomic E-state index is 11.5. The third kappa shape index (κ3) is 8.04. The van der Waals surface area contributed by atoms with Gasteiger partial charge < -0.3 is 9.84 Å². The first-order valence-electron chi connectivity index (χ1n) is 7.29. The molecule has 0 saturated heterocycles. The number of carbonyl (C=O) groups excluding carboxylic acids is 1. The molecular weight excluding hydrogens is 284 g/mol. The molecule has 0 aliphatic rings. The van der Waals surface area contributed by atoms with E-state index in [-0.39, 0.29) is 12.3 Å². The standard InChI is InChI=1S/C16H22N2O4/c1-22-14-10-8-13(9-11-14)12-17-18-15(19)6-4-2-3-5-7-16(20)21/h8-12H,2-7H2,1H3,(H,18,19)(H,20,21)/b17-12+. The van der Waals surface area contributed by atoms with Crippen molar-refractivity contribution in [3.05, 3.63) is 29.8 Å². The molecule has 22 heavy (non-hydrogen) atoms. The normalized spacial score (nSPS) is 10.6. The summed E-state index contributed by atoms with van der Waals surface area (Å²) in [6, 6.07) is 7.33. The summed E-state index contributed by atoms with van der Waals surface area (Å²) in [6.45, 7) is 0. The maximum absolute atomic E-state index is 11.5. The summed E-state index contributed by atoms with van der Waals surface area (Å²) >= 11 is 0. The van der Waals surface area contributed by atoms with Gasteiger partial charge in [0.15, 0.2) is 0 Å². The van der Waals surface area contributed by atoms with E-state index < -0.39 is 5.97 Å². The number of rotatable bonds is 10. The van der Waals surface area contributed by atoms with Gasteiger partial charge in [0.25, 0.3) is 0 Å². The molecule has 0 fully saturated rings. The van der Waals surface area contributed by atoms with Crippen molar-refractivity contribution in [1.29, 1.82) is 0 Å². The average Bonchev–Trinajstić information content (AvgIpc) is 2.51. The highest BCUT2D eigenvalue weighted by Gasteiger charge is 2.00. The van der Waals surface area contributed by atoms with Crippen molar-refractivity contribution in [3.63, 3.8) is 0 Å². The summed E-state index contributed by atoms with van der Waals surface area (Å²) in [5.74, 6) is -0.141. The van der Waals surface area contributed by atoms with Gasteiger partial charge in [0.2, 0.25) is 5.91 Å². The second kappa shape index (κ2) is 10.4. The number of carboxylic acids is 1. The van der Waals surface area contributed by atoms with Crippen molar-refractivity contribution in [2.45, 2.75) is 38.5 Å². The number of hydrazone groups is 1. The Hall–Kier alpha value is -2.37. The number of aliphatic carboxylic acids is 1. The van der Waals surface area contributed by atoms with Crippen LogP contribution in [0, 0.1) is 0 Å². The molecule has 1 amide bonds. The van der Waals surface area contributed by atoms with Gasteiger partial charge in [-0.3, -0.25) is 9.59 Å². The first kappa shape index (κ1) is 17.7. The van der Waals surface area contributed by atoms with Crippen molar-refractivity contribution in [3.8, 4) is 5.75 Å². The third-order valence-corrected chi connectivity index (χ3v) is 3.06. The van der Waals surface area contributed by atoms with Gasteiger partial charge >= 0.3 is 5.97 Å². The van der Waals surface area contributed by atoms with E-state index in [9.17, 15) is 9.59 Å². The van der Waals surface area contributed by atoms with E-state index in [2.05, 4.69) is 10.5 Å². The molecule has 0 radical (unpaired) electrons. The van der Waals surface area contributed by atoms with Crippen LogP contribution in [0.3, 0.4) is 0 Å². The van der Waals surface area contributed by atoms with Crippen molar-refractivity contribution in [1.82, 2.24) is 5.43 Å². The zero-order chi connectivity index (χ0) is 16.2. The predicted octanol–water partition coefficient (Wildman–Crippen LogP) is 2.57. The van der Waals surface area contributed by atoms with Crippen LogP contribution in [0.25, 0.3) is 0 Å². The van der Waals surface area contributed by atoms with Gasteiger partial charge in [0.05, 0.1) is 13.3 Å². The summed E-state index contributed by atoms with van der Waals surface area (Å²) in [7, 11) is 1.60. The lowest BCUT2D eigenvalue weighted by Gasteiger charge is -2.01. The highest BCUT2D eigenvalue weighted by Crippen LogP contribution is 2.09. The SMILES string of the molecule is COc1ccc(/C=N/NC(=O)CCCCCCC(=O)O)cc1. The minimum atomic E-state index is -0.773. The number of nitrogens with zero attached hydrogens (tertiary/aromatic N) is 1. The molecule has 0 aromatic heterocycles. The minimum Gasteiger partial charge on any atom is -0.497 e. The van der Waals surface area contributed by atoms with Crippen LogP contribution in [-0.4, -0.2) is 30.3 Å². The molecule has 120 valence electrons. The topological polar surface area (TPSA) is 88.0 Å². The Labute approximate surface area is 130 Å². The molecule has 0 heterocycles. The van der Waals surface area contributed by atoms with E-state index in [1.165, 1.54) is 0 Å². The van der Waals surface area contributed by atoms with E-state index in [0.717, 1.165) is 30.6 Å². The van der Waals surface area contributed by atoms with E-state index in [1.54, 1.807) is 13.3 Å². The van der Waals surface area contributed by atoms with Gasteiger partial charge in [-0.25, -0.2) is 5.43 Å². The highest BCUT2D eigenvalue weighted by molar-refractivity contribution is 5.82. The van der Waals surface area contributed by atoms with Gasteiger partial charge in [-0.2, -0.15) is 5.10 Å². The smallest absolute Gasteiger partial charge is 0.303 e.